The van der Waals surface area contributed by atoms with E-state index >= 15 is 0 Å². The Hall–Kier alpha value is -1.27. The van der Waals surface area contributed by atoms with E-state index in [9.17, 15) is 22.8 Å². The van der Waals surface area contributed by atoms with E-state index in [1.807, 2.05) is 0 Å². The molecule has 0 aromatic rings. The Morgan fingerprint density at radius 2 is 1.93 bits per heavy atom. The van der Waals surface area contributed by atoms with Crippen molar-refractivity contribution in [3.8, 4) is 0 Å². The average molecular weight is 227 g/mol. The fourth-order valence-corrected chi connectivity index (χ4v) is 0.920. The molecular weight excluding hydrogens is 215 g/mol. The highest BCUT2D eigenvalue weighted by Crippen LogP contribution is 2.15. The fraction of sp³-hybridized carbons (Fsp3) is 0.750. The van der Waals surface area contributed by atoms with E-state index in [-0.39, 0.29) is 6.42 Å². The van der Waals surface area contributed by atoms with Gasteiger partial charge in [-0.1, -0.05) is 13.3 Å². The molecule has 0 aliphatic rings. The van der Waals surface area contributed by atoms with Crippen LogP contribution in [0, 0.1) is 0 Å². The summed E-state index contributed by atoms with van der Waals surface area (Å²) in [5.41, 5.74) is 0. The van der Waals surface area contributed by atoms with E-state index in [2.05, 4.69) is 4.74 Å². The lowest BCUT2D eigenvalue weighted by Gasteiger charge is -2.16. The third-order valence-electron chi connectivity index (χ3n) is 1.63. The van der Waals surface area contributed by atoms with Crippen LogP contribution < -0.4 is 5.32 Å². The van der Waals surface area contributed by atoms with Crippen molar-refractivity contribution in [2.24, 2.45) is 0 Å². The number of esters is 1. The van der Waals surface area contributed by atoms with Crippen molar-refractivity contribution < 1.29 is 27.5 Å². The molecule has 7 heteroatoms. The first-order chi connectivity index (χ1) is 6.82. The van der Waals surface area contributed by atoms with Crippen LogP contribution in [-0.2, 0) is 14.3 Å². The first-order valence-electron chi connectivity index (χ1n) is 4.28. The van der Waals surface area contributed by atoms with Crippen LogP contribution in [0.4, 0.5) is 13.2 Å². The van der Waals surface area contributed by atoms with Gasteiger partial charge in [0.15, 0.2) is 0 Å². The molecule has 4 nitrogen and oxygen atoms in total. The number of rotatable bonds is 4. The van der Waals surface area contributed by atoms with E-state index in [0.29, 0.717) is 6.42 Å². The van der Waals surface area contributed by atoms with E-state index in [1.165, 1.54) is 0 Å². The zero-order chi connectivity index (χ0) is 12.1. The number of amides is 1. The van der Waals surface area contributed by atoms with Gasteiger partial charge in [-0.05, 0) is 6.42 Å². The number of carbonyl (C=O) groups is 2. The maximum atomic E-state index is 11.9. The molecule has 0 fully saturated rings. The second kappa shape index (κ2) is 5.57. The Balaban J connectivity index is 4.42. The van der Waals surface area contributed by atoms with Crippen molar-refractivity contribution >= 4 is 11.9 Å². The average Bonchev–Trinajstić information content (AvgIpc) is 2.14. The van der Waals surface area contributed by atoms with Crippen molar-refractivity contribution in [1.29, 1.82) is 0 Å². The third kappa shape index (κ3) is 4.66. The van der Waals surface area contributed by atoms with Crippen LogP contribution in [0.25, 0.3) is 0 Å². The summed E-state index contributed by atoms with van der Waals surface area (Å²) in [6.07, 6.45) is -4.42. The topological polar surface area (TPSA) is 55.4 Å². The van der Waals surface area contributed by atoms with Crippen molar-refractivity contribution in [1.82, 2.24) is 5.32 Å². The smallest absolute Gasteiger partial charge is 0.467 e. The number of ether oxygens (including phenoxy) is 1. The Labute approximate surface area is 84.8 Å². The van der Waals surface area contributed by atoms with Gasteiger partial charge in [0.2, 0.25) is 0 Å². The van der Waals surface area contributed by atoms with Gasteiger partial charge < -0.3 is 10.1 Å². The first kappa shape index (κ1) is 13.7. The molecule has 0 bridgehead atoms. The molecule has 0 saturated carbocycles. The zero-order valence-corrected chi connectivity index (χ0v) is 8.35. The van der Waals surface area contributed by atoms with Gasteiger partial charge in [-0.2, -0.15) is 13.2 Å². The lowest BCUT2D eigenvalue weighted by atomic mass is 10.1. The van der Waals surface area contributed by atoms with Gasteiger partial charge in [0.1, 0.15) is 6.04 Å². The summed E-state index contributed by atoms with van der Waals surface area (Å²) in [6.45, 7) is 1.68. The second-order valence-electron chi connectivity index (χ2n) is 2.84. The highest BCUT2D eigenvalue weighted by atomic mass is 19.4. The number of halogens is 3. The number of hydrogen-bond acceptors (Lipinski definition) is 3. The summed E-state index contributed by atoms with van der Waals surface area (Å²) in [5.74, 6) is -3.01. The van der Waals surface area contributed by atoms with Crippen LogP contribution in [0.2, 0.25) is 0 Å². The van der Waals surface area contributed by atoms with Crippen molar-refractivity contribution in [3.63, 3.8) is 0 Å². The van der Waals surface area contributed by atoms with E-state index in [1.54, 1.807) is 12.2 Å². The standard InChI is InChI=1S/C8H12F3NO3/c1-3-4-5(6(13)15-2)12-7(14)8(9,10)11/h5H,3-4H2,1-2H3,(H,12,14)/t5-/m0/s1. The molecule has 0 heterocycles. The molecule has 0 aliphatic carbocycles. The number of hydrogen-bond donors (Lipinski definition) is 1. The largest absolute Gasteiger partial charge is 0.471 e. The molecule has 0 spiro atoms. The quantitative estimate of drug-likeness (QED) is 0.729. The third-order valence-corrected chi connectivity index (χ3v) is 1.63. The summed E-state index contributed by atoms with van der Waals surface area (Å²) in [6, 6.07) is -1.24. The van der Waals surface area contributed by atoms with Gasteiger partial charge in [-0.3, -0.25) is 4.79 Å². The number of alkyl halides is 3. The Bertz CT molecular complexity index is 240. The lowest BCUT2D eigenvalue weighted by molar-refractivity contribution is -0.175. The maximum Gasteiger partial charge on any atom is 0.471 e. The minimum absolute atomic E-state index is 0.106. The molecule has 1 N–H and O–H groups in total. The van der Waals surface area contributed by atoms with E-state index in [0.717, 1.165) is 7.11 Å². The molecule has 0 rings (SSSR count). The van der Waals surface area contributed by atoms with E-state index in [4.69, 9.17) is 0 Å². The van der Waals surface area contributed by atoms with Crippen LogP contribution >= 0.6 is 0 Å². The van der Waals surface area contributed by atoms with E-state index < -0.39 is 24.1 Å². The zero-order valence-electron chi connectivity index (χ0n) is 8.35. The minimum atomic E-state index is -4.99. The van der Waals surface area contributed by atoms with Crippen LogP contribution in [0.5, 0.6) is 0 Å². The molecule has 1 atom stereocenters. The molecule has 0 unspecified atom stereocenters. The maximum absolute atomic E-state index is 11.9. The van der Waals surface area contributed by atoms with Gasteiger partial charge in [0, 0.05) is 0 Å². The Kier molecular flexibility index (Phi) is 5.10. The van der Waals surface area contributed by atoms with Crippen molar-refractivity contribution in [2.45, 2.75) is 32.0 Å². The summed E-state index contributed by atoms with van der Waals surface area (Å²) < 4.78 is 39.8. The normalized spacial score (nSPS) is 13.1. The van der Waals surface area contributed by atoms with Gasteiger partial charge in [-0.25, -0.2) is 4.79 Å². The monoisotopic (exact) mass is 227 g/mol. The van der Waals surface area contributed by atoms with Gasteiger partial charge in [-0.15, -0.1) is 0 Å². The molecule has 0 saturated heterocycles. The summed E-state index contributed by atoms with van der Waals surface area (Å²) in [4.78, 5) is 21.5. The second-order valence-corrected chi connectivity index (χ2v) is 2.84. The van der Waals surface area contributed by atoms with Crippen LogP contribution in [0.15, 0.2) is 0 Å². The molecule has 0 aliphatic heterocycles. The minimum Gasteiger partial charge on any atom is -0.467 e. The molecule has 15 heavy (non-hydrogen) atoms. The number of carbonyl (C=O) groups excluding carboxylic acids is 2. The Morgan fingerprint density at radius 3 is 2.27 bits per heavy atom. The number of methoxy groups -OCH3 is 1. The summed E-state index contributed by atoms with van der Waals surface area (Å²) in [7, 11) is 1.05. The van der Waals surface area contributed by atoms with Crippen molar-refractivity contribution in [2.75, 3.05) is 7.11 Å². The number of nitrogens with one attached hydrogen (secondary N) is 1. The van der Waals surface area contributed by atoms with Crippen molar-refractivity contribution in [3.05, 3.63) is 0 Å². The molecule has 1 amide bonds. The summed E-state index contributed by atoms with van der Waals surface area (Å²) >= 11 is 0. The predicted octanol–water partition coefficient (Wildman–Crippen LogP) is 1.01. The van der Waals surface area contributed by atoms with Crippen LogP contribution in [-0.4, -0.2) is 31.2 Å². The first-order valence-corrected chi connectivity index (χ1v) is 4.28. The highest BCUT2D eigenvalue weighted by Gasteiger charge is 2.40. The Morgan fingerprint density at radius 1 is 1.40 bits per heavy atom. The fourth-order valence-electron chi connectivity index (χ4n) is 0.920. The van der Waals surface area contributed by atoms with Crippen LogP contribution in [0.3, 0.4) is 0 Å². The van der Waals surface area contributed by atoms with Gasteiger partial charge in [0.25, 0.3) is 0 Å². The molecule has 88 valence electrons. The molecular formula is C8H12F3NO3. The molecule has 0 aromatic heterocycles. The van der Waals surface area contributed by atoms with Crippen LogP contribution in [0.1, 0.15) is 19.8 Å². The molecule has 0 radical (unpaired) electrons. The van der Waals surface area contributed by atoms with Gasteiger partial charge >= 0.3 is 18.1 Å². The molecule has 0 aromatic carbocycles. The van der Waals surface area contributed by atoms with Gasteiger partial charge in [0.05, 0.1) is 7.11 Å². The SMILES string of the molecule is CCC[C@H](NC(=O)C(F)(F)F)C(=O)OC. The lowest BCUT2D eigenvalue weighted by Crippen LogP contribution is -2.47. The predicted molar refractivity (Wildman–Crippen MR) is 44.9 cm³/mol. The highest BCUT2D eigenvalue weighted by molar-refractivity contribution is 5.87. The summed E-state index contributed by atoms with van der Waals surface area (Å²) in [5, 5.41) is 1.57.